The topological polar surface area (TPSA) is 101 Å². The summed E-state index contributed by atoms with van der Waals surface area (Å²) in [5, 5.41) is 18.3. The third-order valence-corrected chi connectivity index (χ3v) is 5.88. The third-order valence-electron chi connectivity index (χ3n) is 5.88. The minimum Gasteiger partial charge on any atom is -0.484 e. The van der Waals surface area contributed by atoms with E-state index in [-0.39, 0.29) is 17.4 Å². The molecule has 3 aliphatic rings. The molecular formula is C19H23F3N6O2. The highest BCUT2D eigenvalue weighted by molar-refractivity contribution is 5.93. The molecule has 2 heterocycles. The molecule has 1 amide bonds. The van der Waals surface area contributed by atoms with E-state index in [1.807, 2.05) is 6.92 Å². The van der Waals surface area contributed by atoms with Crippen LogP contribution in [0.15, 0.2) is 32.9 Å². The van der Waals surface area contributed by atoms with Crippen LogP contribution < -0.4 is 10.1 Å². The van der Waals surface area contributed by atoms with Crippen LogP contribution in [0, 0.1) is 5.92 Å². The molecule has 162 valence electrons. The average Bonchev–Trinajstić information content (AvgIpc) is 3.60. The lowest BCUT2D eigenvalue weighted by molar-refractivity contribution is -0.153. The first kappa shape index (κ1) is 20.7. The summed E-state index contributed by atoms with van der Waals surface area (Å²) in [6, 6.07) is 1.28. The van der Waals surface area contributed by atoms with E-state index in [9.17, 15) is 18.0 Å². The molecule has 2 saturated carbocycles. The first-order valence-corrected chi connectivity index (χ1v) is 9.95. The van der Waals surface area contributed by atoms with Gasteiger partial charge in [-0.2, -0.15) is 13.2 Å². The highest BCUT2D eigenvalue weighted by Gasteiger charge is 2.51. The van der Waals surface area contributed by atoms with E-state index in [1.54, 1.807) is 6.92 Å². The van der Waals surface area contributed by atoms with Gasteiger partial charge in [-0.25, -0.2) is 0 Å². The normalized spacial score (nSPS) is 22.0. The van der Waals surface area contributed by atoms with Crippen LogP contribution in [0.4, 0.5) is 13.2 Å². The van der Waals surface area contributed by atoms with E-state index in [0.29, 0.717) is 17.9 Å². The summed E-state index contributed by atoms with van der Waals surface area (Å²) in [6.45, 7) is 2.14. The van der Waals surface area contributed by atoms with E-state index in [0.717, 1.165) is 25.7 Å². The van der Waals surface area contributed by atoms with Crippen LogP contribution in [0.2, 0.25) is 0 Å². The second-order valence-electron chi connectivity index (χ2n) is 8.62. The van der Waals surface area contributed by atoms with Gasteiger partial charge in [-0.05, 0) is 55.4 Å². The molecule has 1 N–H and O–H groups in total. The largest absolute Gasteiger partial charge is 0.484 e. The fourth-order valence-corrected chi connectivity index (χ4v) is 3.59. The second-order valence-corrected chi connectivity index (χ2v) is 8.62. The van der Waals surface area contributed by atoms with E-state index >= 15 is 0 Å². The van der Waals surface area contributed by atoms with Crippen LogP contribution in [0.25, 0.3) is 0 Å². The number of alkyl halides is 3. The van der Waals surface area contributed by atoms with Gasteiger partial charge in [0, 0.05) is 17.8 Å². The van der Waals surface area contributed by atoms with Gasteiger partial charge in [0.15, 0.2) is 6.61 Å². The molecule has 30 heavy (non-hydrogen) atoms. The molecule has 1 aromatic rings. The smallest absolute Gasteiger partial charge is 0.422 e. The van der Waals surface area contributed by atoms with Crippen molar-refractivity contribution in [1.29, 1.82) is 0 Å². The van der Waals surface area contributed by atoms with Gasteiger partial charge in [0.05, 0.1) is 5.54 Å². The number of carbonyl (C=O) groups is 1. The Morgan fingerprint density at radius 3 is 2.47 bits per heavy atom. The van der Waals surface area contributed by atoms with E-state index in [1.165, 1.54) is 12.3 Å². The highest BCUT2D eigenvalue weighted by atomic mass is 19.4. The molecule has 0 saturated heterocycles. The van der Waals surface area contributed by atoms with Crippen LogP contribution >= 0.6 is 0 Å². The molecule has 0 bridgehead atoms. The van der Waals surface area contributed by atoms with Gasteiger partial charge in [0.25, 0.3) is 5.91 Å². The van der Waals surface area contributed by atoms with Gasteiger partial charge in [0.2, 0.25) is 5.66 Å². The van der Waals surface area contributed by atoms with Crippen molar-refractivity contribution >= 4 is 5.91 Å². The molecule has 1 atom stereocenters. The molecule has 0 spiro atoms. The molecule has 4 rings (SSSR count). The van der Waals surface area contributed by atoms with Crippen molar-refractivity contribution in [2.24, 2.45) is 26.6 Å². The van der Waals surface area contributed by atoms with Crippen molar-refractivity contribution in [2.75, 3.05) is 6.61 Å². The van der Waals surface area contributed by atoms with Gasteiger partial charge in [-0.15, -0.1) is 10.2 Å². The number of nitrogens with one attached hydrogen (secondary N) is 1. The van der Waals surface area contributed by atoms with Crippen molar-refractivity contribution in [1.82, 2.24) is 10.3 Å². The predicted octanol–water partition coefficient (Wildman–Crippen LogP) is 4.74. The Balaban J connectivity index is 1.57. The monoisotopic (exact) mass is 424 g/mol. The molecule has 1 aromatic heterocycles. The summed E-state index contributed by atoms with van der Waals surface area (Å²) in [6.07, 6.45) is 1.44. The summed E-state index contributed by atoms with van der Waals surface area (Å²) in [7, 11) is 0. The maximum absolute atomic E-state index is 13.0. The number of aromatic nitrogens is 1. The summed E-state index contributed by atoms with van der Waals surface area (Å²) in [4.78, 5) is 17.2. The molecule has 0 aromatic carbocycles. The van der Waals surface area contributed by atoms with Gasteiger partial charge in [-0.1, -0.05) is 12.8 Å². The molecule has 2 fully saturated rings. The lowest BCUT2D eigenvalue weighted by Gasteiger charge is -2.38. The number of hydrogen-bond donors (Lipinski definition) is 1. The molecule has 1 unspecified atom stereocenters. The zero-order valence-corrected chi connectivity index (χ0v) is 16.7. The van der Waals surface area contributed by atoms with Crippen LogP contribution in [0.5, 0.6) is 5.75 Å². The van der Waals surface area contributed by atoms with Crippen molar-refractivity contribution in [3.05, 3.63) is 23.5 Å². The number of pyridine rings is 1. The van der Waals surface area contributed by atoms with Crippen molar-refractivity contribution < 1.29 is 22.7 Å². The number of hydrogen-bond acceptors (Lipinski definition) is 7. The first-order chi connectivity index (χ1) is 14.1. The minimum absolute atomic E-state index is 0.0194. The van der Waals surface area contributed by atoms with Crippen LogP contribution in [-0.4, -0.2) is 34.9 Å². The number of ether oxygens (including phenoxy) is 1. The van der Waals surface area contributed by atoms with E-state index in [2.05, 4.69) is 31.0 Å². The SMILES string of the molecule is CC1(C(C)(CC2CC2)NC(=O)c2cc(OCC(F)(F)F)c(C3CC3)cn2)N=NN=N1. The number of nitrogens with zero attached hydrogens (tertiary/aromatic N) is 5. The molecule has 2 aliphatic carbocycles. The number of halogens is 3. The van der Waals surface area contributed by atoms with Gasteiger partial charge < -0.3 is 10.1 Å². The Hall–Kier alpha value is -2.59. The van der Waals surface area contributed by atoms with Crippen LogP contribution in [-0.2, 0) is 0 Å². The maximum atomic E-state index is 13.0. The van der Waals surface area contributed by atoms with E-state index < -0.39 is 29.9 Å². The highest BCUT2D eigenvalue weighted by Crippen LogP contribution is 2.45. The van der Waals surface area contributed by atoms with Gasteiger partial charge >= 0.3 is 6.18 Å². The lowest BCUT2D eigenvalue weighted by Crippen LogP contribution is -2.59. The standard InChI is InChI=1S/C19H23F3N6O2/c1-17(8-11-3-4-11,18(2)25-27-28-26-18)24-16(29)14-7-15(30-10-19(20,21)22)13(9-23-14)12-5-6-12/h7,9,11-12H,3-6,8,10H2,1-2H3,(H,24,29). The summed E-state index contributed by atoms with van der Waals surface area (Å²) < 4.78 is 43.0. The molecule has 0 radical (unpaired) electrons. The Labute approximate surface area is 171 Å². The van der Waals surface area contributed by atoms with E-state index in [4.69, 9.17) is 4.74 Å². The van der Waals surface area contributed by atoms with Gasteiger partial charge in [0.1, 0.15) is 11.4 Å². The summed E-state index contributed by atoms with van der Waals surface area (Å²) in [5.74, 6) is 0.0754. The fraction of sp³-hybridized carbons (Fsp3) is 0.684. The predicted molar refractivity (Wildman–Crippen MR) is 99.1 cm³/mol. The number of amides is 1. The van der Waals surface area contributed by atoms with Crippen molar-refractivity contribution in [2.45, 2.75) is 69.2 Å². The fourth-order valence-electron chi connectivity index (χ4n) is 3.59. The van der Waals surface area contributed by atoms with Crippen molar-refractivity contribution in [3.63, 3.8) is 0 Å². The first-order valence-electron chi connectivity index (χ1n) is 9.95. The quantitative estimate of drug-likeness (QED) is 0.652. The summed E-state index contributed by atoms with van der Waals surface area (Å²) in [5.41, 5.74) is -1.36. The Morgan fingerprint density at radius 2 is 1.90 bits per heavy atom. The Bertz CT molecular complexity index is 883. The van der Waals surface area contributed by atoms with Crippen LogP contribution in [0.3, 0.4) is 0 Å². The molecule has 1 aliphatic heterocycles. The van der Waals surface area contributed by atoms with Crippen LogP contribution in [0.1, 0.15) is 67.9 Å². The third kappa shape index (κ3) is 4.44. The summed E-state index contributed by atoms with van der Waals surface area (Å²) >= 11 is 0. The maximum Gasteiger partial charge on any atom is 0.422 e. The Morgan fingerprint density at radius 1 is 1.23 bits per heavy atom. The van der Waals surface area contributed by atoms with Gasteiger partial charge in [-0.3, -0.25) is 9.78 Å². The lowest BCUT2D eigenvalue weighted by atomic mass is 9.82. The second kappa shape index (κ2) is 7.28. The molecule has 8 nitrogen and oxygen atoms in total. The molecular weight excluding hydrogens is 401 g/mol. The average molecular weight is 424 g/mol. The minimum atomic E-state index is -4.47. The zero-order chi connectivity index (χ0) is 21.6. The molecule has 11 heteroatoms. The number of rotatable bonds is 8. The Kier molecular flexibility index (Phi) is 5.01. The van der Waals surface area contributed by atoms with Crippen molar-refractivity contribution in [3.8, 4) is 5.75 Å². The zero-order valence-electron chi connectivity index (χ0n) is 16.7. The number of carbonyl (C=O) groups excluding carboxylic acids is 1.